The summed E-state index contributed by atoms with van der Waals surface area (Å²) < 4.78 is 15.8. The number of hydrogen-bond donors (Lipinski definition) is 0. The molecule has 1 saturated heterocycles. The van der Waals surface area contributed by atoms with Crippen LogP contribution in [0.25, 0.3) is 0 Å². The number of hydrogen-bond acceptors (Lipinski definition) is 5. The van der Waals surface area contributed by atoms with Crippen LogP contribution < -0.4 is 0 Å². The summed E-state index contributed by atoms with van der Waals surface area (Å²) in [6.07, 6.45) is -1.55. The molecule has 1 fully saturated rings. The number of esters is 1. The van der Waals surface area contributed by atoms with Crippen molar-refractivity contribution in [1.29, 1.82) is 0 Å². The van der Waals surface area contributed by atoms with Crippen molar-refractivity contribution in [2.75, 3.05) is 13.7 Å². The zero-order valence-corrected chi connectivity index (χ0v) is 14.3. The van der Waals surface area contributed by atoms with E-state index in [1.807, 2.05) is 34.6 Å². The molecule has 6 nitrogen and oxygen atoms in total. The average molecular weight is 301 g/mol. The van der Waals surface area contributed by atoms with Crippen molar-refractivity contribution in [2.45, 2.75) is 65.8 Å². The van der Waals surface area contributed by atoms with Gasteiger partial charge in [-0.1, -0.05) is 20.8 Å². The minimum atomic E-state index is -0.970. The maximum Gasteiger partial charge on any atom is 0.413 e. The van der Waals surface area contributed by atoms with E-state index in [1.54, 1.807) is 13.8 Å². The number of carbonyl (C=O) groups is 2. The first kappa shape index (κ1) is 17.8. The molecule has 1 amide bonds. The third kappa shape index (κ3) is 3.67. The molecule has 0 saturated carbocycles. The summed E-state index contributed by atoms with van der Waals surface area (Å²) in [6, 6.07) is 0. The lowest BCUT2D eigenvalue weighted by Crippen LogP contribution is -2.55. The van der Waals surface area contributed by atoms with Crippen LogP contribution >= 0.6 is 0 Å². The average Bonchev–Trinajstić information content (AvgIpc) is 2.52. The Hall–Kier alpha value is -1.30. The zero-order valence-electron chi connectivity index (χ0n) is 14.3. The molecule has 0 radical (unpaired) electrons. The van der Waals surface area contributed by atoms with Gasteiger partial charge in [0.05, 0.1) is 19.3 Å². The molecule has 21 heavy (non-hydrogen) atoms. The molecule has 0 unspecified atom stereocenters. The Kier molecular flexibility index (Phi) is 4.63. The Morgan fingerprint density at radius 2 is 1.71 bits per heavy atom. The Labute approximate surface area is 126 Å². The van der Waals surface area contributed by atoms with Crippen LogP contribution in [0.3, 0.4) is 0 Å². The highest BCUT2D eigenvalue weighted by molar-refractivity contribution is 5.80. The van der Waals surface area contributed by atoms with Crippen LogP contribution in [0.15, 0.2) is 0 Å². The fraction of sp³-hybridized carbons (Fsp3) is 0.867. The first-order valence-electron chi connectivity index (χ1n) is 7.05. The lowest BCUT2D eigenvalue weighted by molar-refractivity contribution is -0.159. The molecule has 1 heterocycles. The molecule has 122 valence electrons. The highest BCUT2D eigenvalue weighted by Gasteiger charge is 2.51. The van der Waals surface area contributed by atoms with Gasteiger partial charge >= 0.3 is 12.1 Å². The highest BCUT2D eigenvalue weighted by Crippen LogP contribution is 2.36. The summed E-state index contributed by atoms with van der Waals surface area (Å²) in [7, 11) is 1.28. The van der Waals surface area contributed by atoms with E-state index in [0.717, 1.165) is 0 Å². The monoisotopic (exact) mass is 301 g/mol. The van der Waals surface area contributed by atoms with E-state index in [0.29, 0.717) is 6.61 Å². The molecule has 1 aliphatic heterocycles. The normalized spacial score (nSPS) is 21.8. The van der Waals surface area contributed by atoms with Crippen molar-refractivity contribution in [3.05, 3.63) is 0 Å². The van der Waals surface area contributed by atoms with E-state index >= 15 is 0 Å². The van der Waals surface area contributed by atoms with Gasteiger partial charge in [-0.15, -0.1) is 0 Å². The van der Waals surface area contributed by atoms with Crippen molar-refractivity contribution in [3.63, 3.8) is 0 Å². The van der Waals surface area contributed by atoms with Crippen molar-refractivity contribution in [3.8, 4) is 0 Å². The zero-order chi connectivity index (χ0) is 16.6. The number of ether oxygens (including phenoxy) is 3. The van der Waals surface area contributed by atoms with E-state index in [4.69, 9.17) is 14.2 Å². The van der Waals surface area contributed by atoms with Crippen LogP contribution in [0.2, 0.25) is 0 Å². The first-order valence-corrected chi connectivity index (χ1v) is 7.05. The number of methoxy groups -OCH3 is 1. The van der Waals surface area contributed by atoms with Crippen LogP contribution in [-0.2, 0) is 19.0 Å². The van der Waals surface area contributed by atoms with E-state index in [1.165, 1.54) is 12.0 Å². The predicted octanol–water partition coefficient (Wildman–Crippen LogP) is 2.56. The summed E-state index contributed by atoms with van der Waals surface area (Å²) in [5, 5.41) is 0. The Balaban J connectivity index is 3.00. The molecule has 0 N–H and O–H groups in total. The third-order valence-corrected chi connectivity index (χ3v) is 3.53. The Bertz CT molecular complexity index is 406. The van der Waals surface area contributed by atoms with Crippen molar-refractivity contribution >= 4 is 12.1 Å². The molecular formula is C15H27NO5. The fourth-order valence-electron chi connectivity index (χ4n) is 2.52. The molecule has 0 aromatic heterocycles. The first-order chi connectivity index (χ1) is 9.33. The molecule has 1 rings (SSSR count). The fourth-order valence-corrected chi connectivity index (χ4v) is 2.52. The van der Waals surface area contributed by atoms with Crippen LogP contribution in [-0.4, -0.2) is 48.0 Å². The third-order valence-electron chi connectivity index (χ3n) is 3.53. The van der Waals surface area contributed by atoms with Gasteiger partial charge in [-0.3, -0.25) is 4.90 Å². The quantitative estimate of drug-likeness (QED) is 0.733. The van der Waals surface area contributed by atoms with E-state index in [2.05, 4.69) is 0 Å². The Morgan fingerprint density at radius 1 is 1.19 bits per heavy atom. The van der Waals surface area contributed by atoms with Gasteiger partial charge in [0.25, 0.3) is 0 Å². The van der Waals surface area contributed by atoms with Crippen molar-refractivity contribution in [1.82, 2.24) is 4.90 Å². The second-order valence-electron chi connectivity index (χ2n) is 7.54. The number of rotatable bonds is 2. The van der Waals surface area contributed by atoms with Crippen LogP contribution in [0, 0.1) is 5.41 Å². The molecule has 0 aliphatic carbocycles. The van der Waals surface area contributed by atoms with Crippen LogP contribution in [0.4, 0.5) is 4.79 Å². The molecular weight excluding hydrogens is 274 g/mol. The predicted molar refractivity (Wildman–Crippen MR) is 77.7 cm³/mol. The second-order valence-corrected chi connectivity index (χ2v) is 7.54. The summed E-state index contributed by atoms with van der Waals surface area (Å²) in [4.78, 5) is 26.0. The summed E-state index contributed by atoms with van der Waals surface area (Å²) in [5.41, 5.74) is -1.84. The van der Waals surface area contributed by atoms with Crippen molar-refractivity contribution < 1.29 is 23.8 Å². The molecule has 1 aliphatic rings. The van der Waals surface area contributed by atoms with Gasteiger partial charge in [0.2, 0.25) is 6.10 Å². The van der Waals surface area contributed by atoms with Gasteiger partial charge in [0.15, 0.2) is 0 Å². The van der Waals surface area contributed by atoms with Gasteiger partial charge in [0.1, 0.15) is 5.72 Å². The van der Waals surface area contributed by atoms with Crippen LogP contribution in [0.1, 0.15) is 48.5 Å². The van der Waals surface area contributed by atoms with Gasteiger partial charge in [-0.25, -0.2) is 9.59 Å². The second kappa shape index (κ2) is 5.48. The maximum absolute atomic E-state index is 12.6. The van der Waals surface area contributed by atoms with E-state index < -0.39 is 34.8 Å². The van der Waals surface area contributed by atoms with Gasteiger partial charge < -0.3 is 14.2 Å². The van der Waals surface area contributed by atoms with Gasteiger partial charge in [-0.05, 0) is 27.7 Å². The van der Waals surface area contributed by atoms with Crippen molar-refractivity contribution in [2.24, 2.45) is 5.41 Å². The minimum absolute atomic E-state index is 0.410. The molecule has 1 atom stereocenters. The van der Waals surface area contributed by atoms with E-state index in [9.17, 15) is 9.59 Å². The Morgan fingerprint density at radius 3 is 2.05 bits per heavy atom. The number of amides is 1. The lowest BCUT2D eigenvalue weighted by atomic mass is 9.89. The lowest BCUT2D eigenvalue weighted by Gasteiger charge is -2.38. The molecule has 0 spiro atoms. The smallest absolute Gasteiger partial charge is 0.413 e. The molecule has 0 bridgehead atoms. The van der Waals surface area contributed by atoms with Gasteiger partial charge in [-0.2, -0.15) is 0 Å². The number of carbonyl (C=O) groups excluding carboxylic acids is 2. The summed E-state index contributed by atoms with van der Waals surface area (Å²) in [5.74, 6) is -0.563. The topological polar surface area (TPSA) is 65.1 Å². The summed E-state index contributed by atoms with van der Waals surface area (Å²) >= 11 is 0. The molecule has 6 heteroatoms. The minimum Gasteiger partial charge on any atom is -0.466 e. The molecule has 0 aromatic carbocycles. The SMILES string of the molecule is COC(=O)[C@H](OC(=O)N1C(C)(C)COC1(C)C)C(C)(C)C. The van der Waals surface area contributed by atoms with Crippen LogP contribution in [0.5, 0.6) is 0 Å². The summed E-state index contributed by atoms with van der Waals surface area (Å²) in [6.45, 7) is 13.3. The maximum atomic E-state index is 12.6. The standard InChI is InChI=1S/C15H27NO5/c1-13(2,3)10(11(17)19-8)21-12(18)16-14(4,5)9-20-15(16,6)7/h10H,9H2,1-8H3/t10-/m0/s1. The molecule has 0 aromatic rings. The van der Waals surface area contributed by atoms with E-state index in [-0.39, 0.29) is 0 Å². The number of nitrogens with zero attached hydrogens (tertiary/aromatic N) is 1. The largest absolute Gasteiger partial charge is 0.466 e. The van der Waals surface area contributed by atoms with Gasteiger partial charge in [0, 0.05) is 5.41 Å². The highest BCUT2D eigenvalue weighted by atomic mass is 16.6.